The van der Waals surface area contributed by atoms with Gasteiger partial charge in [0.05, 0.1) is 23.7 Å². The second kappa shape index (κ2) is 4.43. The Hall–Kier alpha value is -1.46. The van der Waals surface area contributed by atoms with Gasteiger partial charge in [-0.2, -0.15) is 0 Å². The lowest BCUT2D eigenvalue weighted by atomic mass is 10.1. The fourth-order valence-corrected chi connectivity index (χ4v) is 2.00. The van der Waals surface area contributed by atoms with Gasteiger partial charge < -0.3 is 5.11 Å². The van der Waals surface area contributed by atoms with Gasteiger partial charge in [-0.25, -0.2) is 4.98 Å². The van der Waals surface area contributed by atoms with Crippen molar-refractivity contribution in [2.45, 2.75) is 26.0 Å². The molecule has 5 nitrogen and oxygen atoms in total. The molecule has 0 aliphatic heterocycles. The van der Waals surface area contributed by atoms with Gasteiger partial charge in [0.1, 0.15) is 0 Å². The molecule has 2 aromatic rings. The number of likely N-dealkylation sites (N-methyl/N-ethyl adjacent to an activating group) is 1. The van der Waals surface area contributed by atoms with Crippen LogP contribution in [0.1, 0.15) is 19.5 Å². The third kappa shape index (κ3) is 3.01. The van der Waals surface area contributed by atoms with E-state index < -0.39 is 5.60 Å². The van der Waals surface area contributed by atoms with Crippen molar-refractivity contribution in [2.24, 2.45) is 0 Å². The molecular formula is C12H18N4O. The molecule has 0 atom stereocenters. The molecule has 0 aliphatic carbocycles. The Labute approximate surface area is 101 Å². The monoisotopic (exact) mass is 234 g/mol. The van der Waals surface area contributed by atoms with E-state index in [4.69, 9.17) is 0 Å². The second-order valence-electron chi connectivity index (χ2n) is 5.04. The van der Waals surface area contributed by atoms with Gasteiger partial charge in [-0.15, -0.1) is 0 Å². The van der Waals surface area contributed by atoms with Gasteiger partial charge in [-0.3, -0.25) is 14.3 Å². The molecule has 0 aromatic carbocycles. The van der Waals surface area contributed by atoms with Crippen molar-refractivity contribution < 1.29 is 5.11 Å². The predicted molar refractivity (Wildman–Crippen MR) is 65.6 cm³/mol. The van der Waals surface area contributed by atoms with Crippen LogP contribution in [0.4, 0.5) is 0 Å². The summed E-state index contributed by atoms with van der Waals surface area (Å²) in [5, 5.41) is 9.76. The topological polar surface area (TPSA) is 53.7 Å². The second-order valence-corrected chi connectivity index (χ2v) is 5.04. The quantitative estimate of drug-likeness (QED) is 0.855. The highest BCUT2D eigenvalue weighted by atomic mass is 16.3. The van der Waals surface area contributed by atoms with E-state index >= 15 is 0 Å². The van der Waals surface area contributed by atoms with Crippen LogP contribution in [0.2, 0.25) is 0 Å². The zero-order chi connectivity index (χ0) is 12.5. The van der Waals surface area contributed by atoms with E-state index in [1.165, 1.54) is 0 Å². The van der Waals surface area contributed by atoms with E-state index in [2.05, 4.69) is 14.9 Å². The first kappa shape index (κ1) is 12.0. The van der Waals surface area contributed by atoms with E-state index in [-0.39, 0.29) is 0 Å². The van der Waals surface area contributed by atoms with E-state index in [1.54, 1.807) is 12.4 Å². The van der Waals surface area contributed by atoms with Crippen LogP contribution >= 0.6 is 0 Å². The fourth-order valence-electron chi connectivity index (χ4n) is 2.00. The van der Waals surface area contributed by atoms with Crippen LogP contribution < -0.4 is 0 Å². The van der Waals surface area contributed by atoms with Crippen LogP contribution in [-0.4, -0.2) is 43.6 Å². The Morgan fingerprint density at radius 3 is 2.88 bits per heavy atom. The molecule has 0 radical (unpaired) electrons. The minimum atomic E-state index is -0.684. The smallest absolute Gasteiger partial charge is 0.155 e. The lowest BCUT2D eigenvalue weighted by molar-refractivity contribution is 0.0421. The normalized spacial score (nSPS) is 12.5. The number of imidazole rings is 1. The Balaban J connectivity index is 2.13. The Bertz CT molecular complexity index is 500. The number of fused-ring (bicyclic) bond motifs is 1. The molecule has 17 heavy (non-hydrogen) atoms. The highest BCUT2D eigenvalue weighted by Gasteiger charge is 2.16. The number of hydrogen-bond acceptors (Lipinski definition) is 4. The molecule has 0 fully saturated rings. The van der Waals surface area contributed by atoms with Crippen LogP contribution in [-0.2, 0) is 6.54 Å². The van der Waals surface area contributed by atoms with Crippen molar-refractivity contribution in [3.05, 3.63) is 30.5 Å². The molecular weight excluding hydrogens is 216 g/mol. The summed E-state index contributed by atoms with van der Waals surface area (Å²) in [6.45, 7) is 4.98. The molecule has 0 saturated carbocycles. The molecule has 0 bridgehead atoms. The van der Waals surface area contributed by atoms with Crippen LogP contribution in [0.5, 0.6) is 0 Å². The lowest BCUT2D eigenvalue weighted by Crippen LogP contribution is -2.36. The molecule has 0 saturated heterocycles. The van der Waals surface area contributed by atoms with Crippen LogP contribution in [0.3, 0.4) is 0 Å². The zero-order valence-corrected chi connectivity index (χ0v) is 10.5. The third-order valence-electron chi connectivity index (χ3n) is 2.48. The van der Waals surface area contributed by atoms with Gasteiger partial charge >= 0.3 is 0 Å². The summed E-state index contributed by atoms with van der Waals surface area (Å²) in [4.78, 5) is 10.4. The molecule has 0 spiro atoms. The molecule has 2 aromatic heterocycles. The molecule has 2 heterocycles. The maximum atomic E-state index is 9.76. The highest BCUT2D eigenvalue weighted by Crippen LogP contribution is 2.10. The fraction of sp³-hybridized carbons (Fsp3) is 0.500. The maximum Gasteiger partial charge on any atom is 0.155 e. The lowest BCUT2D eigenvalue weighted by Gasteiger charge is -2.25. The largest absolute Gasteiger partial charge is 0.389 e. The number of aromatic nitrogens is 3. The van der Waals surface area contributed by atoms with Gasteiger partial charge in [-0.05, 0) is 20.9 Å². The molecule has 2 rings (SSSR count). The van der Waals surface area contributed by atoms with Crippen molar-refractivity contribution in [1.29, 1.82) is 0 Å². The Morgan fingerprint density at radius 1 is 1.41 bits per heavy atom. The first-order valence-corrected chi connectivity index (χ1v) is 5.62. The Morgan fingerprint density at radius 2 is 2.18 bits per heavy atom. The van der Waals surface area contributed by atoms with Crippen LogP contribution in [0, 0.1) is 0 Å². The van der Waals surface area contributed by atoms with Gasteiger partial charge in [0.2, 0.25) is 0 Å². The summed E-state index contributed by atoms with van der Waals surface area (Å²) in [5.74, 6) is 0. The van der Waals surface area contributed by atoms with Crippen LogP contribution in [0.25, 0.3) is 5.65 Å². The SMILES string of the molecule is CN(Cc1cnc2cnccn12)CC(C)(C)O. The molecule has 1 N–H and O–H groups in total. The molecule has 5 heteroatoms. The van der Waals surface area contributed by atoms with Gasteiger partial charge in [0.25, 0.3) is 0 Å². The summed E-state index contributed by atoms with van der Waals surface area (Å²) >= 11 is 0. The molecule has 0 aliphatic rings. The first-order chi connectivity index (χ1) is 7.96. The standard InChI is InChI=1S/C12H18N4O/c1-12(2,17)9-15(3)8-10-6-14-11-7-13-4-5-16(10)11/h4-7,17H,8-9H2,1-3H3. The Kier molecular flexibility index (Phi) is 3.13. The number of nitrogens with zero attached hydrogens (tertiary/aromatic N) is 4. The highest BCUT2D eigenvalue weighted by molar-refractivity contribution is 5.36. The minimum Gasteiger partial charge on any atom is -0.389 e. The van der Waals surface area contributed by atoms with E-state index in [1.807, 2.05) is 37.7 Å². The van der Waals surface area contributed by atoms with Gasteiger partial charge in [0, 0.05) is 25.5 Å². The van der Waals surface area contributed by atoms with Gasteiger partial charge in [0.15, 0.2) is 5.65 Å². The third-order valence-corrected chi connectivity index (χ3v) is 2.48. The average molecular weight is 234 g/mol. The number of rotatable bonds is 4. The van der Waals surface area contributed by atoms with Crippen molar-refractivity contribution in [3.63, 3.8) is 0 Å². The minimum absolute atomic E-state index is 0.616. The molecule has 0 unspecified atom stereocenters. The summed E-state index contributed by atoms with van der Waals surface area (Å²) in [6.07, 6.45) is 7.22. The van der Waals surface area contributed by atoms with Crippen LogP contribution in [0.15, 0.2) is 24.8 Å². The summed E-state index contributed by atoms with van der Waals surface area (Å²) in [6, 6.07) is 0. The molecule has 0 amide bonds. The van der Waals surface area contributed by atoms with Crippen molar-refractivity contribution in [2.75, 3.05) is 13.6 Å². The van der Waals surface area contributed by atoms with E-state index in [9.17, 15) is 5.11 Å². The first-order valence-electron chi connectivity index (χ1n) is 5.62. The number of aliphatic hydroxyl groups is 1. The summed E-state index contributed by atoms with van der Waals surface area (Å²) in [5.41, 5.74) is 1.25. The number of hydrogen-bond donors (Lipinski definition) is 1. The van der Waals surface area contributed by atoms with Gasteiger partial charge in [-0.1, -0.05) is 0 Å². The van der Waals surface area contributed by atoms with Crippen molar-refractivity contribution >= 4 is 5.65 Å². The van der Waals surface area contributed by atoms with E-state index in [0.29, 0.717) is 6.54 Å². The predicted octanol–water partition coefficient (Wildman–Crippen LogP) is 0.932. The average Bonchev–Trinajstić information content (AvgIpc) is 2.59. The summed E-state index contributed by atoms with van der Waals surface area (Å²) < 4.78 is 2.01. The van der Waals surface area contributed by atoms with Crippen molar-refractivity contribution in [1.82, 2.24) is 19.3 Å². The van der Waals surface area contributed by atoms with E-state index in [0.717, 1.165) is 17.9 Å². The molecule has 92 valence electrons. The zero-order valence-electron chi connectivity index (χ0n) is 10.5. The maximum absolute atomic E-state index is 9.76. The van der Waals surface area contributed by atoms with Crippen molar-refractivity contribution in [3.8, 4) is 0 Å². The summed E-state index contributed by atoms with van der Waals surface area (Å²) in [7, 11) is 1.98.